The van der Waals surface area contributed by atoms with E-state index in [4.69, 9.17) is 23.4 Å². The molecule has 2 aromatic heterocycles. The normalized spacial score (nSPS) is 14.7. The van der Waals surface area contributed by atoms with Gasteiger partial charge in [-0.2, -0.15) is 12.1 Å². The van der Waals surface area contributed by atoms with Gasteiger partial charge in [0.05, 0.1) is 0 Å². The molecule has 12 heteroatoms. The Bertz CT molecular complexity index is 3150. The van der Waals surface area contributed by atoms with Crippen LogP contribution in [-0.2, 0) is 45.6 Å². The second-order valence-corrected chi connectivity index (χ2v) is 22.7. The Hall–Kier alpha value is -5.57. The van der Waals surface area contributed by atoms with Crippen LogP contribution in [0, 0.1) is 18.8 Å². The Balaban J connectivity index is 0.00000608. The van der Waals surface area contributed by atoms with E-state index in [9.17, 15) is 0 Å². The molecule has 8 nitrogen and oxygen atoms in total. The van der Waals surface area contributed by atoms with Crippen LogP contribution in [-0.4, -0.2) is 30.9 Å². The first-order chi connectivity index (χ1) is 32.7. The van der Waals surface area contributed by atoms with Crippen LogP contribution in [0.5, 0.6) is 11.5 Å². The third-order valence-electron chi connectivity index (χ3n) is 13.0. The average molecular weight is 1100 g/mol. The molecular formula is C58H60B3N4O4Pt-3. The molecule has 358 valence electrons. The van der Waals surface area contributed by atoms with Crippen molar-refractivity contribution in [3.63, 3.8) is 0 Å². The zero-order valence-electron chi connectivity index (χ0n) is 42.3. The number of para-hydroxylation sites is 4. The van der Waals surface area contributed by atoms with E-state index in [0.717, 1.165) is 67.0 Å². The van der Waals surface area contributed by atoms with Crippen LogP contribution < -0.4 is 20.0 Å². The van der Waals surface area contributed by atoms with Crippen molar-refractivity contribution in [1.82, 2.24) is 9.55 Å². The minimum atomic E-state index is -0.738. The minimum absolute atomic E-state index is 0. The van der Waals surface area contributed by atoms with Gasteiger partial charge >= 0.3 is 21.4 Å². The summed E-state index contributed by atoms with van der Waals surface area (Å²) in [4.78, 5) is 9.18. The number of hydrogen-bond donors (Lipinski definition) is 0. The molecule has 1 saturated heterocycles. The summed E-state index contributed by atoms with van der Waals surface area (Å²) < 4.78 is 29.3. The molecule has 0 unspecified atom stereocenters. The van der Waals surface area contributed by atoms with Crippen LogP contribution in [0.1, 0.15) is 94.2 Å². The number of rotatable bonds is 7. The zero-order valence-corrected chi connectivity index (χ0v) is 44.6. The van der Waals surface area contributed by atoms with Crippen molar-refractivity contribution in [3.8, 4) is 28.4 Å². The summed E-state index contributed by atoms with van der Waals surface area (Å²) in [5.74, 6) is 1.96. The van der Waals surface area contributed by atoms with E-state index in [1.807, 2.05) is 42.6 Å². The maximum atomic E-state index is 6.93. The second-order valence-electron chi connectivity index (χ2n) is 22.7. The van der Waals surface area contributed by atoms with E-state index in [1.165, 1.54) is 11.1 Å². The summed E-state index contributed by atoms with van der Waals surface area (Å²) in [6.07, 6.45) is 1.81. The molecule has 8 aromatic rings. The standard InChI is InChI=1S/C58H60B3N4O4.Pt/c1-55(2,3)40-33-39(34-41(35-40)56(4,5)6)45-24-20-25-48(59-67-60(57(7,8)9)69-61(68-59)58(10,11)12)54(45)64-38-63(50-27-15-16-28-51(50)64)42-21-19-22-43(36-42)66-44-30-31-47-46-23-13-14-26-49(46)65(52(47)37-44)53-29-17-18-32-62-53;/h13-35,38H,1-12H3;/q-3;. The van der Waals surface area contributed by atoms with Gasteiger partial charge in [-0.25, -0.2) is 4.98 Å². The van der Waals surface area contributed by atoms with Crippen LogP contribution >= 0.6 is 0 Å². The van der Waals surface area contributed by atoms with Gasteiger partial charge in [0, 0.05) is 72.4 Å². The summed E-state index contributed by atoms with van der Waals surface area (Å²) in [7, 11) is -1.78. The van der Waals surface area contributed by atoms with Gasteiger partial charge in [0.2, 0.25) is 0 Å². The molecule has 4 heterocycles. The van der Waals surface area contributed by atoms with Gasteiger partial charge in [-0.15, -0.1) is 48.1 Å². The fraction of sp³-hybridized carbons (Fsp3) is 0.276. The van der Waals surface area contributed by atoms with Crippen LogP contribution in [0.2, 0.25) is 10.6 Å². The van der Waals surface area contributed by atoms with Crippen LogP contribution in [0.3, 0.4) is 0 Å². The molecule has 0 spiro atoms. The van der Waals surface area contributed by atoms with Crippen molar-refractivity contribution < 1.29 is 39.5 Å². The van der Waals surface area contributed by atoms with Gasteiger partial charge in [0.15, 0.2) is 0 Å². The Morgan fingerprint density at radius 3 is 1.83 bits per heavy atom. The van der Waals surface area contributed by atoms with E-state index in [0.29, 0.717) is 11.5 Å². The molecule has 0 N–H and O–H groups in total. The number of anilines is 4. The number of hydrogen-bond acceptors (Lipinski definition) is 7. The number of aromatic nitrogens is 2. The van der Waals surface area contributed by atoms with Gasteiger partial charge in [-0.1, -0.05) is 161 Å². The molecule has 0 radical (unpaired) electrons. The molecule has 0 bridgehead atoms. The summed E-state index contributed by atoms with van der Waals surface area (Å²) in [6, 6.07) is 53.7. The number of fused-ring (bicyclic) bond motifs is 4. The Labute approximate surface area is 430 Å². The fourth-order valence-electron chi connectivity index (χ4n) is 9.19. The summed E-state index contributed by atoms with van der Waals surface area (Å²) in [5, 5.41) is 1.56. The fourth-order valence-corrected chi connectivity index (χ4v) is 9.19. The molecule has 10 rings (SSSR count). The van der Waals surface area contributed by atoms with Gasteiger partial charge < -0.3 is 32.8 Å². The molecule has 0 amide bonds. The van der Waals surface area contributed by atoms with Crippen molar-refractivity contribution in [2.24, 2.45) is 0 Å². The van der Waals surface area contributed by atoms with Gasteiger partial charge in [-0.3, -0.25) is 0 Å². The summed E-state index contributed by atoms with van der Waals surface area (Å²) >= 11 is 0. The maximum absolute atomic E-state index is 6.93. The number of benzene rings is 6. The number of nitrogens with zero attached hydrogens (tertiary/aromatic N) is 4. The molecule has 70 heavy (non-hydrogen) atoms. The molecule has 2 aliphatic heterocycles. The third-order valence-corrected chi connectivity index (χ3v) is 13.0. The first kappa shape index (κ1) is 49.4. The summed E-state index contributed by atoms with van der Waals surface area (Å²) in [5.41, 5.74) is 11.2. The van der Waals surface area contributed by atoms with E-state index in [2.05, 4.69) is 213 Å². The van der Waals surface area contributed by atoms with Gasteiger partial charge in [0.25, 0.3) is 0 Å². The van der Waals surface area contributed by atoms with Crippen LogP contribution in [0.15, 0.2) is 140 Å². The van der Waals surface area contributed by atoms with Gasteiger partial charge in [0.1, 0.15) is 5.82 Å². The van der Waals surface area contributed by atoms with E-state index in [-0.39, 0.29) is 42.5 Å². The smallest absolute Gasteiger partial charge is 0.468 e. The monoisotopic (exact) mass is 1100 g/mol. The molecule has 0 saturated carbocycles. The third kappa shape index (κ3) is 9.51. The van der Waals surface area contributed by atoms with Crippen molar-refractivity contribution >= 4 is 71.4 Å². The first-order valence-corrected chi connectivity index (χ1v) is 24.1. The van der Waals surface area contributed by atoms with E-state index >= 15 is 0 Å². The van der Waals surface area contributed by atoms with Crippen LogP contribution in [0.25, 0.3) is 38.8 Å². The molecular weight excluding hydrogens is 1040 g/mol. The second kappa shape index (κ2) is 18.6. The first-order valence-electron chi connectivity index (χ1n) is 24.1. The number of pyridine rings is 1. The molecule has 1 fully saturated rings. The molecule has 0 aliphatic carbocycles. The van der Waals surface area contributed by atoms with Crippen molar-refractivity contribution in [1.29, 1.82) is 0 Å². The summed E-state index contributed by atoms with van der Waals surface area (Å²) in [6.45, 7) is 28.8. The minimum Gasteiger partial charge on any atom is -0.509 e. The Morgan fingerprint density at radius 1 is 0.571 bits per heavy atom. The van der Waals surface area contributed by atoms with E-state index < -0.39 is 21.4 Å². The van der Waals surface area contributed by atoms with Gasteiger partial charge in [-0.05, 0) is 73.9 Å². The predicted octanol–water partition coefficient (Wildman–Crippen LogP) is 14.6. The number of ether oxygens (including phenoxy) is 1. The zero-order chi connectivity index (χ0) is 48.6. The predicted molar refractivity (Wildman–Crippen MR) is 287 cm³/mol. The molecule has 0 atom stereocenters. The SMILES string of the molecule is CC(C)(C)B1OB(c2cccc(-c3cc(C(C)(C)C)cc(C(C)(C)C)c3)c2N2[CH-]N(c3[c-]c(Oc4[c-]c5c(cc4)c4ccccc4n5-c4ccccn4)ccc3)c3ccccc32)OB(C(C)(C)C)O1.[Pt]. The van der Waals surface area contributed by atoms with Crippen molar-refractivity contribution in [3.05, 3.63) is 170 Å². The quantitative estimate of drug-likeness (QED) is 0.116. The van der Waals surface area contributed by atoms with Crippen LogP contribution in [0.4, 0.5) is 22.7 Å². The largest absolute Gasteiger partial charge is 0.509 e. The molecule has 6 aromatic carbocycles. The Kier molecular flexibility index (Phi) is 13.1. The average Bonchev–Trinajstić information content (AvgIpc) is 3.86. The molecule has 2 aliphatic rings. The van der Waals surface area contributed by atoms with Crippen molar-refractivity contribution in [2.75, 3.05) is 9.80 Å². The van der Waals surface area contributed by atoms with Crippen molar-refractivity contribution in [2.45, 2.75) is 105 Å². The topological polar surface area (TPSA) is 61.2 Å². The maximum Gasteiger partial charge on any atom is 0.468 e. The van der Waals surface area contributed by atoms with E-state index in [1.54, 1.807) is 0 Å². The Morgan fingerprint density at radius 2 is 1.19 bits per heavy atom.